The molecule has 172 valence electrons. The molecule has 3 amide bonds. The van der Waals surface area contributed by atoms with Crippen molar-refractivity contribution in [2.75, 3.05) is 11.9 Å². The van der Waals surface area contributed by atoms with Crippen LogP contribution in [0.25, 0.3) is 0 Å². The van der Waals surface area contributed by atoms with E-state index in [0.29, 0.717) is 5.76 Å². The van der Waals surface area contributed by atoms with Crippen LogP contribution in [-0.2, 0) is 16.1 Å². The quantitative estimate of drug-likeness (QED) is 0.232. The Hall–Kier alpha value is -4.51. The number of esters is 1. The number of anilines is 1. The summed E-state index contributed by atoms with van der Waals surface area (Å²) >= 11 is 5.73. The summed E-state index contributed by atoms with van der Waals surface area (Å²) in [4.78, 5) is 61.1. The summed E-state index contributed by atoms with van der Waals surface area (Å²) in [6, 6.07) is 10.8. The number of nitro groups is 1. The molecule has 0 bridgehead atoms. The minimum absolute atomic E-state index is 0.0206. The van der Waals surface area contributed by atoms with E-state index in [9.17, 15) is 29.3 Å². The molecule has 0 saturated heterocycles. The molecule has 1 aromatic heterocycles. The Bertz CT molecular complexity index is 1340. The van der Waals surface area contributed by atoms with Gasteiger partial charge in [0.25, 0.3) is 23.4 Å². The SMILES string of the molecule is O=C(COC(=O)c1ccc2c(c1)C(=O)N(Cc1ccco1)C2=O)Nc1ccc(Cl)cc1[N+](=O)[O-]. The van der Waals surface area contributed by atoms with E-state index >= 15 is 0 Å². The number of ether oxygens (including phenoxy) is 1. The molecule has 3 aromatic rings. The fraction of sp³-hybridized carbons (Fsp3) is 0.0909. The highest BCUT2D eigenvalue weighted by molar-refractivity contribution is 6.31. The second kappa shape index (κ2) is 9.16. The molecular formula is C22H14ClN3O8. The number of carbonyl (C=O) groups excluding carboxylic acids is 4. The maximum atomic E-state index is 12.7. The molecule has 1 N–H and O–H groups in total. The Morgan fingerprint density at radius 1 is 1.09 bits per heavy atom. The minimum Gasteiger partial charge on any atom is -0.467 e. The van der Waals surface area contributed by atoms with E-state index in [0.717, 1.165) is 11.0 Å². The number of carbonyl (C=O) groups is 4. The van der Waals surface area contributed by atoms with Crippen LogP contribution in [-0.4, -0.2) is 40.1 Å². The van der Waals surface area contributed by atoms with Crippen LogP contribution in [0.2, 0.25) is 5.02 Å². The average Bonchev–Trinajstić information content (AvgIpc) is 3.41. The maximum Gasteiger partial charge on any atom is 0.338 e. The van der Waals surface area contributed by atoms with E-state index in [-0.39, 0.29) is 33.9 Å². The van der Waals surface area contributed by atoms with Crippen molar-refractivity contribution in [2.24, 2.45) is 0 Å². The van der Waals surface area contributed by atoms with Gasteiger partial charge in [0.15, 0.2) is 6.61 Å². The number of halogens is 1. The van der Waals surface area contributed by atoms with Gasteiger partial charge in [0.05, 0.1) is 34.4 Å². The highest BCUT2D eigenvalue weighted by atomic mass is 35.5. The van der Waals surface area contributed by atoms with Crippen molar-refractivity contribution < 1.29 is 33.3 Å². The fourth-order valence-electron chi connectivity index (χ4n) is 3.28. The number of furan rings is 1. The van der Waals surface area contributed by atoms with Gasteiger partial charge in [-0.15, -0.1) is 0 Å². The van der Waals surface area contributed by atoms with Gasteiger partial charge in [-0.3, -0.25) is 29.4 Å². The lowest BCUT2D eigenvalue weighted by atomic mass is 10.1. The number of fused-ring (bicyclic) bond motifs is 1. The zero-order valence-corrected chi connectivity index (χ0v) is 17.9. The molecule has 12 heteroatoms. The summed E-state index contributed by atoms with van der Waals surface area (Å²) in [5, 5.41) is 13.5. The van der Waals surface area contributed by atoms with Crippen molar-refractivity contribution in [2.45, 2.75) is 6.54 Å². The van der Waals surface area contributed by atoms with Crippen molar-refractivity contribution in [3.05, 3.63) is 92.4 Å². The van der Waals surface area contributed by atoms with Crippen LogP contribution < -0.4 is 5.32 Å². The van der Waals surface area contributed by atoms with Gasteiger partial charge in [-0.25, -0.2) is 4.79 Å². The number of nitro benzene ring substituents is 1. The number of nitrogens with zero attached hydrogens (tertiary/aromatic N) is 2. The lowest BCUT2D eigenvalue weighted by molar-refractivity contribution is -0.383. The van der Waals surface area contributed by atoms with E-state index in [1.807, 2.05) is 0 Å². The Morgan fingerprint density at radius 2 is 1.85 bits per heavy atom. The summed E-state index contributed by atoms with van der Waals surface area (Å²) in [6.07, 6.45) is 1.42. The predicted molar refractivity (Wildman–Crippen MR) is 116 cm³/mol. The number of imide groups is 1. The van der Waals surface area contributed by atoms with Crippen LogP contribution in [0.4, 0.5) is 11.4 Å². The molecule has 4 rings (SSSR count). The molecule has 1 aliphatic rings. The molecule has 0 fully saturated rings. The van der Waals surface area contributed by atoms with Crippen LogP contribution in [0.1, 0.15) is 36.8 Å². The monoisotopic (exact) mass is 483 g/mol. The van der Waals surface area contributed by atoms with Crippen LogP contribution in [0.5, 0.6) is 0 Å². The van der Waals surface area contributed by atoms with Gasteiger partial charge in [0.2, 0.25) is 0 Å². The van der Waals surface area contributed by atoms with E-state index in [2.05, 4.69) is 5.32 Å². The van der Waals surface area contributed by atoms with Gasteiger partial charge in [-0.2, -0.15) is 0 Å². The zero-order chi connectivity index (χ0) is 24.4. The van der Waals surface area contributed by atoms with E-state index in [1.165, 1.54) is 36.6 Å². The van der Waals surface area contributed by atoms with E-state index < -0.39 is 40.9 Å². The zero-order valence-electron chi connectivity index (χ0n) is 17.1. The molecule has 0 unspecified atom stereocenters. The van der Waals surface area contributed by atoms with Gasteiger partial charge in [0.1, 0.15) is 11.4 Å². The van der Waals surface area contributed by atoms with Gasteiger partial charge in [0, 0.05) is 11.1 Å². The van der Waals surface area contributed by atoms with Gasteiger partial charge in [-0.05, 0) is 42.5 Å². The lowest BCUT2D eigenvalue weighted by Crippen LogP contribution is -2.28. The predicted octanol–water partition coefficient (Wildman–Crippen LogP) is 3.43. The summed E-state index contributed by atoms with van der Waals surface area (Å²) in [6.45, 7) is -0.802. The molecule has 34 heavy (non-hydrogen) atoms. The first-order valence-electron chi connectivity index (χ1n) is 9.68. The van der Waals surface area contributed by atoms with Gasteiger partial charge < -0.3 is 14.5 Å². The standard InChI is InChI=1S/C22H14ClN3O8/c23-13-4-6-17(18(9-13)26(31)32)24-19(27)11-34-22(30)12-3-5-15-16(8-12)21(29)25(20(15)28)10-14-2-1-7-33-14/h1-9H,10-11H2,(H,24,27). The molecule has 1 aliphatic heterocycles. The Labute approximate surface area is 196 Å². The summed E-state index contributed by atoms with van der Waals surface area (Å²) < 4.78 is 10.1. The van der Waals surface area contributed by atoms with Crippen molar-refractivity contribution in [3.8, 4) is 0 Å². The average molecular weight is 484 g/mol. The summed E-state index contributed by atoms with van der Waals surface area (Å²) in [5.41, 5.74) is -0.444. The lowest BCUT2D eigenvalue weighted by Gasteiger charge is -2.11. The molecule has 11 nitrogen and oxygen atoms in total. The molecule has 0 spiro atoms. The third-order valence-electron chi connectivity index (χ3n) is 4.87. The van der Waals surface area contributed by atoms with Crippen LogP contribution in [0, 0.1) is 10.1 Å². The number of hydrogen-bond acceptors (Lipinski definition) is 8. The van der Waals surface area contributed by atoms with Gasteiger partial charge >= 0.3 is 5.97 Å². The number of amides is 3. The third kappa shape index (κ3) is 4.50. The minimum atomic E-state index is -0.923. The highest BCUT2D eigenvalue weighted by Gasteiger charge is 2.36. The first-order valence-corrected chi connectivity index (χ1v) is 10.1. The van der Waals surface area contributed by atoms with E-state index in [1.54, 1.807) is 12.1 Å². The number of nitrogens with one attached hydrogen (secondary N) is 1. The molecule has 2 aromatic carbocycles. The molecule has 0 aliphatic carbocycles. The molecule has 0 atom stereocenters. The second-order valence-electron chi connectivity index (χ2n) is 7.08. The normalized spacial score (nSPS) is 12.4. The molecule has 2 heterocycles. The van der Waals surface area contributed by atoms with Crippen LogP contribution in [0.3, 0.4) is 0 Å². The van der Waals surface area contributed by atoms with Crippen molar-refractivity contribution >= 4 is 46.7 Å². The Morgan fingerprint density at radius 3 is 2.56 bits per heavy atom. The first kappa shape index (κ1) is 22.7. The maximum absolute atomic E-state index is 12.7. The number of rotatable bonds is 7. The highest BCUT2D eigenvalue weighted by Crippen LogP contribution is 2.28. The van der Waals surface area contributed by atoms with Crippen molar-refractivity contribution in [3.63, 3.8) is 0 Å². The summed E-state index contributed by atoms with van der Waals surface area (Å²) in [5.74, 6) is -2.45. The third-order valence-corrected chi connectivity index (χ3v) is 5.10. The number of hydrogen-bond donors (Lipinski definition) is 1. The fourth-order valence-corrected chi connectivity index (χ4v) is 3.45. The first-order chi connectivity index (χ1) is 16.2. The Balaban J connectivity index is 1.41. The smallest absolute Gasteiger partial charge is 0.338 e. The van der Waals surface area contributed by atoms with Crippen molar-refractivity contribution in [1.29, 1.82) is 0 Å². The largest absolute Gasteiger partial charge is 0.467 e. The Kier molecular flexibility index (Phi) is 6.11. The van der Waals surface area contributed by atoms with Crippen molar-refractivity contribution in [1.82, 2.24) is 4.90 Å². The van der Waals surface area contributed by atoms with Crippen LogP contribution >= 0.6 is 11.6 Å². The van der Waals surface area contributed by atoms with Crippen LogP contribution in [0.15, 0.2) is 59.2 Å². The summed E-state index contributed by atoms with van der Waals surface area (Å²) in [7, 11) is 0. The molecule has 0 saturated carbocycles. The second-order valence-corrected chi connectivity index (χ2v) is 7.52. The molecular weight excluding hydrogens is 470 g/mol. The molecule has 0 radical (unpaired) electrons. The van der Waals surface area contributed by atoms with Gasteiger partial charge in [-0.1, -0.05) is 11.6 Å². The topological polar surface area (TPSA) is 149 Å². The van der Waals surface area contributed by atoms with E-state index in [4.69, 9.17) is 20.8 Å². The number of benzene rings is 2.